The first-order valence-corrected chi connectivity index (χ1v) is 9.38. The van der Waals surface area contributed by atoms with Gasteiger partial charge in [-0.05, 0) is 24.1 Å². The topological polar surface area (TPSA) is 92.3 Å². The average Bonchev–Trinajstić information content (AvgIpc) is 3.11. The maximum Gasteiger partial charge on any atom is 0.433 e. The molecule has 0 saturated carbocycles. The third-order valence-electron chi connectivity index (χ3n) is 4.30. The van der Waals surface area contributed by atoms with Gasteiger partial charge in [0.25, 0.3) is 0 Å². The summed E-state index contributed by atoms with van der Waals surface area (Å²) in [5.74, 6) is 0.402. The van der Waals surface area contributed by atoms with Crippen LogP contribution in [0.3, 0.4) is 0 Å². The van der Waals surface area contributed by atoms with Crippen molar-refractivity contribution in [2.45, 2.75) is 26.4 Å². The van der Waals surface area contributed by atoms with Gasteiger partial charge in [-0.15, -0.1) is 0 Å². The lowest BCUT2D eigenvalue weighted by molar-refractivity contribution is -0.141. The molecule has 0 amide bonds. The molecule has 0 radical (unpaired) electrons. The Kier molecular flexibility index (Phi) is 5.25. The molecule has 4 aromatic rings. The number of halogens is 4. The van der Waals surface area contributed by atoms with Gasteiger partial charge in [0.15, 0.2) is 23.1 Å². The standard InChI is InChI=1S/C20H17F4N7/c1-10(2)8-15-28-16-18(27-12-6-7-25-9-11(12)21)30-17(31-19(16)29-15)13-4-3-5-14(26-13)20(22,23)24/h3-7,9-10H,8H2,1-2H3,(H2,25,27,28,29,30,31). The molecule has 0 atom stereocenters. The van der Waals surface area contributed by atoms with Crippen LogP contribution in [0.25, 0.3) is 22.7 Å². The van der Waals surface area contributed by atoms with E-state index in [1.165, 1.54) is 24.4 Å². The van der Waals surface area contributed by atoms with Crippen LogP contribution in [0.5, 0.6) is 0 Å². The molecule has 4 heterocycles. The van der Waals surface area contributed by atoms with E-state index < -0.39 is 17.7 Å². The van der Waals surface area contributed by atoms with Crippen molar-refractivity contribution >= 4 is 22.7 Å². The largest absolute Gasteiger partial charge is 0.433 e. The van der Waals surface area contributed by atoms with E-state index in [2.05, 4.69) is 35.2 Å². The van der Waals surface area contributed by atoms with Gasteiger partial charge in [-0.2, -0.15) is 13.2 Å². The maximum atomic E-state index is 14.1. The normalized spacial score (nSPS) is 12.0. The molecular weight excluding hydrogens is 414 g/mol. The van der Waals surface area contributed by atoms with E-state index in [-0.39, 0.29) is 28.7 Å². The quantitative estimate of drug-likeness (QED) is 0.436. The predicted octanol–water partition coefficient (Wildman–Crippen LogP) is 4.91. The van der Waals surface area contributed by atoms with E-state index in [1.807, 2.05) is 13.8 Å². The SMILES string of the molecule is CC(C)Cc1nc2nc(-c3cccc(C(F)(F)F)n3)nc(Nc3ccncc3F)c2[nH]1. The first-order valence-electron chi connectivity index (χ1n) is 9.38. The summed E-state index contributed by atoms with van der Waals surface area (Å²) >= 11 is 0. The number of fused-ring (bicyclic) bond motifs is 1. The van der Waals surface area contributed by atoms with E-state index >= 15 is 0 Å². The Morgan fingerprint density at radius 2 is 1.87 bits per heavy atom. The highest BCUT2D eigenvalue weighted by Crippen LogP contribution is 2.30. The first kappa shape index (κ1) is 20.6. The van der Waals surface area contributed by atoms with Crippen molar-refractivity contribution in [1.82, 2.24) is 29.9 Å². The number of H-pyrrole nitrogens is 1. The second-order valence-electron chi connectivity index (χ2n) is 7.26. The molecule has 0 aliphatic rings. The summed E-state index contributed by atoms with van der Waals surface area (Å²) in [4.78, 5) is 23.5. The molecule has 0 saturated heterocycles. The van der Waals surface area contributed by atoms with Crippen LogP contribution in [0.4, 0.5) is 29.1 Å². The van der Waals surface area contributed by atoms with Crippen LogP contribution >= 0.6 is 0 Å². The third-order valence-corrected chi connectivity index (χ3v) is 4.30. The van der Waals surface area contributed by atoms with Gasteiger partial charge >= 0.3 is 6.18 Å². The van der Waals surface area contributed by atoms with Crippen LogP contribution in [0.15, 0.2) is 36.7 Å². The van der Waals surface area contributed by atoms with E-state index in [9.17, 15) is 17.6 Å². The first-order chi connectivity index (χ1) is 14.7. The number of rotatable bonds is 5. The monoisotopic (exact) mass is 431 g/mol. The highest BCUT2D eigenvalue weighted by atomic mass is 19.4. The zero-order valence-corrected chi connectivity index (χ0v) is 16.5. The molecule has 160 valence electrons. The second-order valence-corrected chi connectivity index (χ2v) is 7.26. The number of hydrogen-bond donors (Lipinski definition) is 2. The summed E-state index contributed by atoms with van der Waals surface area (Å²) in [7, 11) is 0. The van der Waals surface area contributed by atoms with Gasteiger partial charge in [0.05, 0.1) is 11.9 Å². The average molecular weight is 431 g/mol. The minimum Gasteiger partial charge on any atom is -0.338 e. The van der Waals surface area contributed by atoms with Crippen molar-refractivity contribution in [2.75, 3.05) is 5.32 Å². The van der Waals surface area contributed by atoms with Gasteiger partial charge in [-0.1, -0.05) is 19.9 Å². The van der Waals surface area contributed by atoms with E-state index in [0.717, 1.165) is 12.3 Å². The van der Waals surface area contributed by atoms with E-state index in [4.69, 9.17) is 0 Å². The van der Waals surface area contributed by atoms with Crippen molar-refractivity contribution < 1.29 is 17.6 Å². The summed E-state index contributed by atoms with van der Waals surface area (Å²) in [6.07, 6.45) is -1.56. The molecular formula is C20H17F4N7. The van der Waals surface area contributed by atoms with Crippen LogP contribution in [0, 0.1) is 11.7 Å². The van der Waals surface area contributed by atoms with Crippen molar-refractivity contribution in [3.8, 4) is 11.5 Å². The maximum absolute atomic E-state index is 14.1. The number of nitrogens with zero attached hydrogens (tertiary/aromatic N) is 5. The Bertz CT molecular complexity index is 1230. The lowest BCUT2D eigenvalue weighted by Gasteiger charge is -2.10. The smallest absolute Gasteiger partial charge is 0.338 e. The molecule has 0 spiro atoms. The lowest BCUT2D eigenvalue weighted by Crippen LogP contribution is -2.09. The number of alkyl halides is 3. The Morgan fingerprint density at radius 1 is 1.06 bits per heavy atom. The molecule has 0 bridgehead atoms. The molecule has 7 nitrogen and oxygen atoms in total. The Balaban J connectivity index is 1.86. The highest BCUT2D eigenvalue weighted by Gasteiger charge is 2.32. The Labute approximate surface area is 174 Å². The van der Waals surface area contributed by atoms with Crippen molar-refractivity contribution in [3.63, 3.8) is 0 Å². The van der Waals surface area contributed by atoms with Crippen LogP contribution in [-0.4, -0.2) is 29.9 Å². The molecule has 31 heavy (non-hydrogen) atoms. The minimum absolute atomic E-state index is 0.0711. The minimum atomic E-state index is -4.61. The molecule has 0 aliphatic carbocycles. The highest BCUT2D eigenvalue weighted by molar-refractivity contribution is 5.87. The number of nitrogens with one attached hydrogen (secondary N) is 2. The fourth-order valence-corrected chi connectivity index (χ4v) is 2.95. The molecule has 11 heteroatoms. The molecule has 4 rings (SSSR count). The zero-order valence-electron chi connectivity index (χ0n) is 16.5. The van der Waals surface area contributed by atoms with Crippen LogP contribution < -0.4 is 5.32 Å². The molecule has 0 unspecified atom stereocenters. The summed E-state index contributed by atoms with van der Waals surface area (Å²) in [6, 6.07) is 4.87. The fourth-order valence-electron chi connectivity index (χ4n) is 2.95. The lowest BCUT2D eigenvalue weighted by atomic mass is 10.1. The van der Waals surface area contributed by atoms with E-state index in [0.29, 0.717) is 23.7 Å². The molecule has 0 fully saturated rings. The predicted molar refractivity (Wildman–Crippen MR) is 106 cm³/mol. The number of pyridine rings is 2. The molecule has 0 aliphatic heterocycles. The summed E-state index contributed by atoms with van der Waals surface area (Å²) in [5, 5.41) is 2.85. The van der Waals surface area contributed by atoms with Crippen LogP contribution in [-0.2, 0) is 12.6 Å². The second kappa shape index (κ2) is 7.89. The fraction of sp³-hybridized carbons (Fsp3) is 0.250. The number of aromatic nitrogens is 6. The Hall–Kier alpha value is -3.63. The number of aromatic amines is 1. The van der Waals surface area contributed by atoms with Crippen molar-refractivity contribution in [1.29, 1.82) is 0 Å². The number of imidazole rings is 1. The van der Waals surface area contributed by atoms with Gasteiger partial charge in [-0.25, -0.2) is 24.3 Å². The van der Waals surface area contributed by atoms with Gasteiger partial charge in [0, 0.05) is 12.6 Å². The third kappa shape index (κ3) is 4.44. The molecule has 0 aromatic carbocycles. The van der Waals surface area contributed by atoms with Gasteiger partial charge in [0.2, 0.25) is 0 Å². The van der Waals surface area contributed by atoms with Gasteiger partial charge < -0.3 is 10.3 Å². The summed E-state index contributed by atoms with van der Waals surface area (Å²) in [6.45, 7) is 4.03. The number of anilines is 2. The Morgan fingerprint density at radius 3 is 2.58 bits per heavy atom. The van der Waals surface area contributed by atoms with E-state index in [1.54, 1.807) is 0 Å². The number of hydrogen-bond acceptors (Lipinski definition) is 6. The van der Waals surface area contributed by atoms with Crippen LogP contribution in [0.1, 0.15) is 25.4 Å². The summed E-state index contributed by atoms with van der Waals surface area (Å²) in [5.41, 5.74) is -0.410. The van der Waals surface area contributed by atoms with Gasteiger partial charge in [-0.3, -0.25) is 4.98 Å². The van der Waals surface area contributed by atoms with Crippen molar-refractivity contribution in [2.24, 2.45) is 5.92 Å². The molecule has 2 N–H and O–H groups in total. The van der Waals surface area contributed by atoms with Crippen LogP contribution in [0.2, 0.25) is 0 Å². The zero-order chi connectivity index (χ0) is 22.2. The summed E-state index contributed by atoms with van der Waals surface area (Å²) < 4.78 is 53.4. The van der Waals surface area contributed by atoms with Crippen molar-refractivity contribution in [3.05, 3.63) is 54.0 Å². The van der Waals surface area contributed by atoms with Gasteiger partial charge in [0.1, 0.15) is 22.7 Å². The molecule has 4 aromatic heterocycles.